The summed E-state index contributed by atoms with van der Waals surface area (Å²) in [5.74, 6) is -1.56. The van der Waals surface area contributed by atoms with Crippen molar-refractivity contribution in [3.05, 3.63) is 52.1 Å². The van der Waals surface area contributed by atoms with E-state index in [-0.39, 0.29) is 17.1 Å². The molecule has 0 spiro atoms. The van der Waals surface area contributed by atoms with E-state index in [1.807, 2.05) is 6.92 Å². The number of hydrogen-bond acceptors (Lipinski definition) is 7. The Bertz CT molecular complexity index is 1070. The molecule has 1 aliphatic rings. The van der Waals surface area contributed by atoms with Crippen LogP contribution in [0.4, 0.5) is 4.79 Å². The van der Waals surface area contributed by atoms with Crippen LogP contribution in [0.3, 0.4) is 0 Å². The lowest BCUT2D eigenvalue weighted by Gasteiger charge is -2.19. The SMILES string of the molecule is CCOC(=O)C(C)N1C(=O)SC(=Cc2ccc(-c3cc(C(=O)O)ccc3C)o2)C1=O. The van der Waals surface area contributed by atoms with Crippen molar-refractivity contribution < 1.29 is 33.4 Å². The Kier molecular flexibility index (Phi) is 6.12. The number of carbonyl (C=O) groups excluding carboxylic acids is 3. The summed E-state index contributed by atoms with van der Waals surface area (Å²) in [6.07, 6.45) is 1.42. The number of imide groups is 1. The minimum absolute atomic E-state index is 0.119. The van der Waals surface area contributed by atoms with Gasteiger partial charge in [-0.25, -0.2) is 9.59 Å². The Hall–Kier alpha value is -3.33. The van der Waals surface area contributed by atoms with Crippen LogP contribution in [0, 0.1) is 6.92 Å². The first kappa shape index (κ1) is 21.4. The van der Waals surface area contributed by atoms with E-state index in [9.17, 15) is 24.3 Å². The van der Waals surface area contributed by atoms with Gasteiger partial charge in [-0.15, -0.1) is 0 Å². The summed E-state index contributed by atoms with van der Waals surface area (Å²) in [5, 5.41) is 8.62. The van der Waals surface area contributed by atoms with Crippen molar-refractivity contribution in [3.8, 4) is 11.3 Å². The summed E-state index contributed by atoms with van der Waals surface area (Å²) in [6.45, 7) is 5.04. The van der Waals surface area contributed by atoms with E-state index in [0.29, 0.717) is 28.8 Å². The van der Waals surface area contributed by atoms with E-state index >= 15 is 0 Å². The molecule has 2 aromatic rings. The highest BCUT2D eigenvalue weighted by atomic mass is 32.2. The highest BCUT2D eigenvalue weighted by Crippen LogP contribution is 2.35. The quantitative estimate of drug-likeness (QED) is 0.542. The Morgan fingerprint density at radius 3 is 2.67 bits per heavy atom. The number of amides is 2. The fourth-order valence-corrected chi connectivity index (χ4v) is 3.80. The number of ether oxygens (including phenoxy) is 1. The molecule has 8 nitrogen and oxygen atoms in total. The molecule has 1 aromatic heterocycles. The number of aryl methyl sites for hydroxylation is 1. The fraction of sp³-hybridized carbons (Fsp3) is 0.238. The lowest BCUT2D eigenvalue weighted by molar-refractivity contribution is -0.150. The van der Waals surface area contributed by atoms with Gasteiger partial charge in [0.15, 0.2) is 0 Å². The molecule has 30 heavy (non-hydrogen) atoms. The summed E-state index contributed by atoms with van der Waals surface area (Å²) >= 11 is 0.708. The molecule has 0 radical (unpaired) electrons. The fourth-order valence-electron chi connectivity index (χ4n) is 2.91. The Labute approximate surface area is 176 Å². The van der Waals surface area contributed by atoms with Gasteiger partial charge in [0.05, 0.1) is 17.1 Å². The summed E-state index contributed by atoms with van der Waals surface area (Å²) in [4.78, 5) is 49.0. The number of thioether (sulfide) groups is 1. The second-order valence-corrected chi connectivity index (χ2v) is 7.51. The van der Waals surface area contributed by atoms with E-state index in [2.05, 4.69) is 0 Å². The van der Waals surface area contributed by atoms with E-state index in [0.717, 1.165) is 10.5 Å². The molecule has 1 aliphatic heterocycles. The maximum absolute atomic E-state index is 12.6. The predicted molar refractivity (Wildman–Crippen MR) is 110 cm³/mol. The van der Waals surface area contributed by atoms with Crippen LogP contribution in [0.15, 0.2) is 39.7 Å². The van der Waals surface area contributed by atoms with Gasteiger partial charge in [0.2, 0.25) is 0 Å². The molecule has 1 unspecified atom stereocenters. The second kappa shape index (κ2) is 8.58. The van der Waals surface area contributed by atoms with Crippen LogP contribution in [-0.4, -0.2) is 45.7 Å². The summed E-state index contributed by atoms with van der Waals surface area (Å²) in [6, 6.07) is 6.94. The standard InChI is InChI=1S/C21H19NO7S/c1-4-28-20(26)12(3)22-18(23)17(30-21(22)27)10-14-7-8-16(29-14)15-9-13(19(24)25)6-5-11(15)2/h5-10,12H,4H2,1-3H3,(H,24,25). The third kappa shape index (κ3) is 4.16. The molecular formula is C21H19NO7S. The Morgan fingerprint density at radius 2 is 2.00 bits per heavy atom. The minimum atomic E-state index is -1.05. The van der Waals surface area contributed by atoms with Crippen molar-refractivity contribution in [2.24, 2.45) is 0 Å². The van der Waals surface area contributed by atoms with E-state index < -0.39 is 29.1 Å². The van der Waals surface area contributed by atoms with Gasteiger partial charge in [-0.05, 0) is 62.4 Å². The summed E-state index contributed by atoms with van der Waals surface area (Å²) in [5.41, 5.74) is 1.56. The lowest BCUT2D eigenvalue weighted by Crippen LogP contribution is -2.42. The number of benzene rings is 1. The monoisotopic (exact) mass is 429 g/mol. The van der Waals surface area contributed by atoms with Crippen molar-refractivity contribution in [3.63, 3.8) is 0 Å². The zero-order valence-corrected chi connectivity index (χ0v) is 17.3. The number of nitrogens with zero attached hydrogens (tertiary/aromatic N) is 1. The predicted octanol–water partition coefficient (Wildman–Crippen LogP) is 3.94. The normalized spacial score (nSPS) is 16.2. The molecule has 2 heterocycles. The topological polar surface area (TPSA) is 114 Å². The average molecular weight is 429 g/mol. The van der Waals surface area contributed by atoms with Crippen LogP contribution in [0.1, 0.15) is 35.5 Å². The van der Waals surface area contributed by atoms with Crippen molar-refractivity contribution in [2.45, 2.75) is 26.8 Å². The molecule has 1 N–H and O–H groups in total. The van der Waals surface area contributed by atoms with Gasteiger partial charge in [0.25, 0.3) is 11.1 Å². The van der Waals surface area contributed by atoms with Crippen LogP contribution in [0.5, 0.6) is 0 Å². The first-order valence-electron chi connectivity index (χ1n) is 9.10. The molecule has 1 fully saturated rings. The van der Waals surface area contributed by atoms with Gasteiger partial charge in [0, 0.05) is 11.6 Å². The maximum Gasteiger partial charge on any atom is 0.335 e. The molecule has 1 saturated heterocycles. The van der Waals surface area contributed by atoms with Crippen molar-refractivity contribution in [1.82, 2.24) is 4.90 Å². The van der Waals surface area contributed by atoms with Crippen LogP contribution in [0.25, 0.3) is 17.4 Å². The first-order valence-corrected chi connectivity index (χ1v) is 9.92. The zero-order chi connectivity index (χ0) is 22.0. The number of carboxylic acids is 1. The van der Waals surface area contributed by atoms with Crippen LogP contribution >= 0.6 is 11.8 Å². The number of rotatable bonds is 6. The number of aromatic carboxylic acids is 1. The van der Waals surface area contributed by atoms with Gasteiger partial charge in [-0.1, -0.05) is 6.07 Å². The molecule has 0 aliphatic carbocycles. The first-order chi connectivity index (χ1) is 14.2. The molecule has 1 atom stereocenters. The number of hydrogen-bond donors (Lipinski definition) is 1. The number of carboxylic acid groups (broad SMARTS) is 1. The molecule has 3 rings (SSSR count). The van der Waals surface area contributed by atoms with Gasteiger partial charge in [-0.2, -0.15) is 0 Å². The molecule has 156 valence electrons. The number of carbonyl (C=O) groups is 4. The largest absolute Gasteiger partial charge is 0.478 e. The third-order valence-corrected chi connectivity index (χ3v) is 5.37. The Morgan fingerprint density at radius 1 is 1.27 bits per heavy atom. The molecule has 0 saturated carbocycles. The van der Waals surface area contributed by atoms with E-state index in [1.165, 1.54) is 25.1 Å². The van der Waals surface area contributed by atoms with Gasteiger partial charge < -0.3 is 14.3 Å². The minimum Gasteiger partial charge on any atom is -0.478 e. The van der Waals surface area contributed by atoms with Crippen LogP contribution in [-0.2, 0) is 14.3 Å². The van der Waals surface area contributed by atoms with E-state index in [4.69, 9.17) is 9.15 Å². The molecule has 0 bridgehead atoms. The maximum atomic E-state index is 12.6. The third-order valence-electron chi connectivity index (χ3n) is 4.49. The van der Waals surface area contributed by atoms with Crippen molar-refractivity contribution in [1.29, 1.82) is 0 Å². The van der Waals surface area contributed by atoms with Crippen LogP contribution < -0.4 is 0 Å². The van der Waals surface area contributed by atoms with Crippen LogP contribution in [0.2, 0.25) is 0 Å². The molecule has 2 amide bonds. The summed E-state index contributed by atoms with van der Waals surface area (Å²) < 4.78 is 10.6. The smallest absolute Gasteiger partial charge is 0.335 e. The average Bonchev–Trinajstić information content (AvgIpc) is 3.26. The number of furan rings is 1. The highest BCUT2D eigenvalue weighted by molar-refractivity contribution is 8.18. The molecular weight excluding hydrogens is 410 g/mol. The molecule has 1 aromatic carbocycles. The zero-order valence-electron chi connectivity index (χ0n) is 16.5. The van der Waals surface area contributed by atoms with Gasteiger partial charge >= 0.3 is 11.9 Å². The number of esters is 1. The van der Waals surface area contributed by atoms with Crippen molar-refractivity contribution >= 4 is 40.9 Å². The highest BCUT2D eigenvalue weighted by Gasteiger charge is 2.41. The summed E-state index contributed by atoms with van der Waals surface area (Å²) in [7, 11) is 0. The Balaban J connectivity index is 1.86. The second-order valence-electron chi connectivity index (χ2n) is 6.52. The van der Waals surface area contributed by atoms with Crippen molar-refractivity contribution in [2.75, 3.05) is 6.61 Å². The van der Waals surface area contributed by atoms with Gasteiger partial charge in [-0.3, -0.25) is 14.5 Å². The van der Waals surface area contributed by atoms with E-state index in [1.54, 1.807) is 25.1 Å². The molecule has 9 heteroatoms. The van der Waals surface area contributed by atoms with Gasteiger partial charge in [0.1, 0.15) is 17.6 Å². The lowest BCUT2D eigenvalue weighted by atomic mass is 10.0.